The van der Waals surface area contributed by atoms with Gasteiger partial charge in [-0.3, -0.25) is 4.79 Å². The van der Waals surface area contributed by atoms with Crippen molar-refractivity contribution in [2.24, 2.45) is 0 Å². The zero-order valence-corrected chi connectivity index (χ0v) is 12.9. The van der Waals surface area contributed by atoms with Crippen molar-refractivity contribution in [3.05, 3.63) is 33.3 Å². The average Bonchev–Trinajstić information content (AvgIpc) is 2.36. The maximum atomic E-state index is 11.2. The van der Waals surface area contributed by atoms with Gasteiger partial charge < -0.3 is 10.4 Å². The Morgan fingerprint density at radius 3 is 2.50 bits per heavy atom. The molecule has 0 spiro atoms. The Kier molecular flexibility index (Phi) is 6.97. The van der Waals surface area contributed by atoms with Gasteiger partial charge >= 0.3 is 0 Å². The first-order chi connectivity index (χ1) is 9.47. The number of aliphatic hydroxyl groups excluding tert-OH is 1. The highest BCUT2D eigenvalue weighted by Gasteiger charge is 2.09. The van der Waals surface area contributed by atoms with E-state index < -0.39 is 0 Å². The van der Waals surface area contributed by atoms with Gasteiger partial charge in [-0.15, -0.1) is 6.42 Å². The fourth-order valence-electron chi connectivity index (χ4n) is 1.55. The second kappa shape index (κ2) is 8.23. The molecule has 0 fully saturated rings. The maximum Gasteiger partial charge on any atom is 0.232 e. The number of aliphatic hydroxyl groups is 1. The zero-order valence-electron chi connectivity index (χ0n) is 10.6. The summed E-state index contributed by atoms with van der Waals surface area (Å²) in [4.78, 5) is 11.8. The Morgan fingerprint density at radius 1 is 1.40 bits per heavy atom. The van der Waals surface area contributed by atoms with Gasteiger partial charge in [0.15, 0.2) is 0 Å². The Hall–Kier alpha value is -1.12. The van der Waals surface area contributed by atoms with E-state index in [1.807, 2.05) is 0 Å². The fourth-order valence-corrected chi connectivity index (χ4v) is 2.44. The van der Waals surface area contributed by atoms with Crippen LogP contribution in [0.5, 0.6) is 0 Å². The normalized spacial score (nSPS) is 9.90. The van der Waals surface area contributed by atoms with Gasteiger partial charge in [0.2, 0.25) is 5.91 Å². The highest BCUT2D eigenvalue weighted by atomic mass is 35.5. The number of rotatable bonds is 6. The molecule has 1 aromatic rings. The molecule has 1 rings (SSSR count). The Morgan fingerprint density at radius 2 is 2.00 bits per heavy atom. The van der Waals surface area contributed by atoms with Crippen molar-refractivity contribution in [1.29, 1.82) is 0 Å². The van der Waals surface area contributed by atoms with Crippen LogP contribution in [0.3, 0.4) is 0 Å². The monoisotopic (exact) mass is 329 g/mol. The van der Waals surface area contributed by atoms with Crippen molar-refractivity contribution in [1.82, 2.24) is 5.32 Å². The molecule has 6 heteroatoms. The summed E-state index contributed by atoms with van der Waals surface area (Å²) in [5, 5.41) is 12.5. The first kappa shape index (κ1) is 16.9. The summed E-state index contributed by atoms with van der Waals surface area (Å²) in [5.74, 6) is 2.02. The van der Waals surface area contributed by atoms with Crippen LogP contribution in [0.1, 0.15) is 17.5 Å². The molecule has 0 atom stereocenters. The summed E-state index contributed by atoms with van der Waals surface area (Å²) in [6, 6.07) is 3.41. The van der Waals surface area contributed by atoms with Gasteiger partial charge in [-0.25, -0.2) is 0 Å². The van der Waals surface area contributed by atoms with Gasteiger partial charge in [0, 0.05) is 33.4 Å². The predicted octanol–water partition coefficient (Wildman–Crippen LogP) is 2.54. The maximum absolute atomic E-state index is 11.2. The molecule has 0 saturated heterocycles. The fraction of sp³-hybridized carbons (Fsp3) is 0.286. The summed E-state index contributed by atoms with van der Waals surface area (Å²) in [5.41, 5.74) is 1.32. The summed E-state index contributed by atoms with van der Waals surface area (Å²) in [6.07, 6.45) is 5.51. The Bertz CT molecular complexity index is 544. The van der Waals surface area contributed by atoms with Crippen LogP contribution in [0.25, 0.3) is 0 Å². The number of hydrogen-bond acceptors (Lipinski definition) is 3. The summed E-state index contributed by atoms with van der Waals surface area (Å²) in [7, 11) is 0. The van der Waals surface area contributed by atoms with Crippen LogP contribution in [0, 0.1) is 12.3 Å². The molecule has 106 valence electrons. The lowest BCUT2D eigenvalue weighted by Crippen LogP contribution is -2.28. The van der Waals surface area contributed by atoms with Crippen LogP contribution in [0.15, 0.2) is 12.1 Å². The molecule has 2 N–H and O–H groups in total. The molecule has 1 aromatic carbocycles. The standard InChI is InChI=1S/C14H13Cl2NO2S/c1-2-3-14(19)17-7-10(20)4-9-5-12(15)11(8-18)13(16)6-9/h1,5-6,18H,3-4,7-8H2,(H,17,19). The third-order valence-corrected chi connectivity index (χ3v) is 3.47. The second-order valence-corrected chi connectivity index (χ2v) is 5.46. The number of amides is 1. The smallest absolute Gasteiger partial charge is 0.232 e. The third kappa shape index (κ3) is 5.10. The lowest BCUT2D eigenvalue weighted by molar-refractivity contribution is -0.119. The molecule has 0 radical (unpaired) electrons. The number of hydrogen-bond donors (Lipinski definition) is 2. The van der Waals surface area contributed by atoms with E-state index in [1.54, 1.807) is 12.1 Å². The van der Waals surface area contributed by atoms with Gasteiger partial charge in [-0.1, -0.05) is 41.3 Å². The molecule has 0 unspecified atom stereocenters. The van der Waals surface area contributed by atoms with Crippen LogP contribution >= 0.6 is 35.4 Å². The second-order valence-electron chi connectivity index (χ2n) is 4.07. The number of benzene rings is 1. The number of terminal acetylenes is 1. The molecule has 0 aliphatic carbocycles. The zero-order chi connectivity index (χ0) is 15.1. The lowest BCUT2D eigenvalue weighted by Gasteiger charge is -2.09. The summed E-state index contributed by atoms with van der Waals surface area (Å²) in [6.45, 7) is 0.0530. The molecular weight excluding hydrogens is 317 g/mol. The van der Waals surface area contributed by atoms with Crippen LogP contribution in [-0.4, -0.2) is 22.4 Å². The summed E-state index contributed by atoms with van der Waals surface area (Å²) >= 11 is 17.2. The van der Waals surface area contributed by atoms with E-state index in [4.69, 9.17) is 46.9 Å². The SMILES string of the molecule is C#CCC(=O)NCC(=S)Cc1cc(Cl)c(CO)c(Cl)c1. The number of halogens is 2. The average molecular weight is 330 g/mol. The molecular formula is C14H13Cl2NO2S. The minimum absolute atomic E-state index is 0.0332. The van der Waals surface area contributed by atoms with E-state index in [9.17, 15) is 4.79 Å². The quantitative estimate of drug-likeness (QED) is 0.623. The molecule has 0 heterocycles. The van der Waals surface area contributed by atoms with Gasteiger partial charge in [0.05, 0.1) is 13.0 Å². The predicted molar refractivity (Wildman–Crippen MR) is 85.1 cm³/mol. The molecule has 0 saturated carbocycles. The van der Waals surface area contributed by atoms with Crippen LogP contribution in [-0.2, 0) is 17.8 Å². The van der Waals surface area contributed by atoms with Crippen LogP contribution in [0.4, 0.5) is 0 Å². The van der Waals surface area contributed by atoms with Crippen molar-refractivity contribution in [3.8, 4) is 12.3 Å². The van der Waals surface area contributed by atoms with Crippen molar-refractivity contribution in [2.45, 2.75) is 19.4 Å². The number of carbonyl (C=O) groups is 1. The summed E-state index contributed by atoms with van der Waals surface area (Å²) < 4.78 is 0. The van der Waals surface area contributed by atoms with Crippen molar-refractivity contribution in [3.63, 3.8) is 0 Å². The van der Waals surface area contributed by atoms with Crippen molar-refractivity contribution >= 4 is 46.2 Å². The van der Waals surface area contributed by atoms with E-state index in [2.05, 4.69) is 11.2 Å². The molecule has 1 amide bonds. The van der Waals surface area contributed by atoms with Crippen molar-refractivity contribution in [2.75, 3.05) is 6.54 Å². The van der Waals surface area contributed by atoms with Gasteiger partial charge in [0.1, 0.15) is 0 Å². The van der Waals surface area contributed by atoms with Gasteiger partial charge in [-0.05, 0) is 17.7 Å². The first-order valence-electron chi connectivity index (χ1n) is 5.77. The lowest BCUT2D eigenvalue weighted by atomic mass is 10.1. The van der Waals surface area contributed by atoms with Crippen LogP contribution in [0.2, 0.25) is 10.0 Å². The van der Waals surface area contributed by atoms with E-state index in [1.165, 1.54) is 0 Å². The highest BCUT2D eigenvalue weighted by Crippen LogP contribution is 2.26. The minimum Gasteiger partial charge on any atom is -0.392 e. The first-order valence-corrected chi connectivity index (χ1v) is 6.93. The largest absolute Gasteiger partial charge is 0.392 e. The number of nitrogens with one attached hydrogen (secondary N) is 1. The molecule has 0 aromatic heterocycles. The van der Waals surface area contributed by atoms with E-state index in [0.717, 1.165) is 5.56 Å². The van der Waals surface area contributed by atoms with Gasteiger partial charge in [-0.2, -0.15) is 0 Å². The molecule has 0 aliphatic rings. The Balaban J connectivity index is 2.63. The third-order valence-electron chi connectivity index (χ3n) is 2.51. The van der Waals surface area contributed by atoms with E-state index >= 15 is 0 Å². The van der Waals surface area contributed by atoms with E-state index in [-0.39, 0.29) is 25.5 Å². The molecule has 0 aliphatic heterocycles. The van der Waals surface area contributed by atoms with E-state index in [0.29, 0.717) is 26.9 Å². The van der Waals surface area contributed by atoms with Crippen LogP contribution < -0.4 is 5.32 Å². The number of carbonyl (C=O) groups excluding carboxylic acids is 1. The topological polar surface area (TPSA) is 49.3 Å². The van der Waals surface area contributed by atoms with Crippen molar-refractivity contribution < 1.29 is 9.90 Å². The molecule has 0 bridgehead atoms. The van der Waals surface area contributed by atoms with Gasteiger partial charge in [0.25, 0.3) is 0 Å². The minimum atomic E-state index is -0.235. The highest BCUT2D eigenvalue weighted by molar-refractivity contribution is 7.80. The molecule has 3 nitrogen and oxygen atoms in total. The number of thiocarbonyl (C=S) groups is 1. The Labute approximate surface area is 133 Å². The molecule has 20 heavy (non-hydrogen) atoms.